The van der Waals surface area contributed by atoms with Crippen LogP contribution >= 0.6 is 0 Å². The van der Waals surface area contributed by atoms with Gasteiger partial charge in [-0.3, -0.25) is 0 Å². The van der Waals surface area contributed by atoms with Gasteiger partial charge in [0.2, 0.25) is 0 Å². The molecule has 0 unspecified atom stereocenters. The van der Waals surface area contributed by atoms with Crippen LogP contribution in [0, 0.1) is 0 Å². The number of carbonyl (C=O) groups is 2. The van der Waals surface area contributed by atoms with Gasteiger partial charge >= 0.3 is 18.2 Å². The highest BCUT2D eigenvalue weighted by Gasteiger charge is 2.67. The summed E-state index contributed by atoms with van der Waals surface area (Å²) in [5, 5.41) is 7.14. The Bertz CT molecular complexity index is 929. The van der Waals surface area contributed by atoms with Crippen molar-refractivity contribution in [2.45, 2.75) is 44.3 Å². The molecule has 3 heterocycles. The van der Waals surface area contributed by atoms with Gasteiger partial charge in [-0.15, -0.1) is 5.10 Å². The van der Waals surface area contributed by atoms with E-state index >= 15 is 0 Å². The highest BCUT2D eigenvalue weighted by Crippen LogP contribution is 2.50. The van der Waals surface area contributed by atoms with Crippen LogP contribution in [0.1, 0.15) is 38.2 Å². The van der Waals surface area contributed by atoms with E-state index in [0.29, 0.717) is 25.2 Å². The first kappa shape index (κ1) is 20.2. The molecule has 1 aromatic carbocycles. The lowest BCUT2D eigenvalue weighted by Gasteiger charge is -2.43. The average Bonchev–Trinajstić information content (AvgIpc) is 2.90. The maximum Gasteiger partial charge on any atom is 0.420 e. The second-order valence-electron chi connectivity index (χ2n) is 7.25. The Morgan fingerprint density at radius 2 is 1.97 bits per heavy atom. The monoisotopic (exact) mass is 422 g/mol. The quantitative estimate of drug-likeness (QED) is 0.758. The number of nitrogens with one attached hydrogen (secondary N) is 1. The molecule has 7 nitrogen and oxygen atoms in total. The summed E-state index contributed by atoms with van der Waals surface area (Å²) in [6.45, 7) is 1.77. The lowest BCUT2D eigenvalue weighted by molar-refractivity contribution is -0.192. The van der Waals surface area contributed by atoms with Gasteiger partial charge in [-0.25, -0.2) is 9.59 Å². The number of ether oxygens (including phenoxy) is 1. The number of hydrogen-bond donors (Lipinski definition) is 1. The molecule has 0 aromatic heterocycles. The molecular weight excluding hydrogens is 401 g/mol. The van der Waals surface area contributed by atoms with Crippen LogP contribution in [0.15, 0.2) is 46.8 Å². The summed E-state index contributed by atoms with van der Waals surface area (Å²) >= 11 is 0. The number of carbonyl (C=O) groups excluding carboxylic acids is 2. The summed E-state index contributed by atoms with van der Waals surface area (Å²) < 4.78 is 49.3. The Balaban J connectivity index is 2.03. The van der Waals surface area contributed by atoms with Gasteiger partial charge in [-0.2, -0.15) is 18.2 Å². The second kappa shape index (κ2) is 7.33. The third kappa shape index (κ3) is 2.93. The number of esters is 1. The van der Waals surface area contributed by atoms with Gasteiger partial charge in [-0.05, 0) is 25.3 Å². The van der Waals surface area contributed by atoms with Gasteiger partial charge in [0.15, 0.2) is 11.4 Å². The van der Waals surface area contributed by atoms with Crippen LogP contribution < -0.4 is 5.32 Å². The van der Waals surface area contributed by atoms with E-state index < -0.39 is 29.3 Å². The summed E-state index contributed by atoms with van der Waals surface area (Å²) in [6.07, 6.45) is -2.12. The molecule has 0 bridgehead atoms. The molecule has 3 aliphatic rings. The zero-order valence-electron chi connectivity index (χ0n) is 16.3. The van der Waals surface area contributed by atoms with Gasteiger partial charge in [0.1, 0.15) is 11.4 Å². The Hall–Kier alpha value is -3.04. The van der Waals surface area contributed by atoms with E-state index in [1.807, 2.05) is 5.32 Å². The molecule has 10 heteroatoms. The van der Waals surface area contributed by atoms with Crippen molar-refractivity contribution in [1.29, 1.82) is 0 Å². The van der Waals surface area contributed by atoms with E-state index in [1.54, 1.807) is 11.0 Å². The van der Waals surface area contributed by atoms with E-state index in [-0.39, 0.29) is 18.0 Å². The molecule has 0 spiro atoms. The third-order valence-corrected chi connectivity index (χ3v) is 5.46. The normalized spacial score (nSPS) is 24.0. The number of fused-ring (bicyclic) bond motifs is 3. The Morgan fingerprint density at radius 3 is 2.63 bits per heavy atom. The van der Waals surface area contributed by atoms with E-state index in [1.165, 1.54) is 31.2 Å². The lowest BCUT2D eigenvalue weighted by Crippen LogP contribution is -2.65. The molecule has 1 saturated heterocycles. The number of amides is 2. The average molecular weight is 422 g/mol. The molecule has 0 saturated carbocycles. The number of alkyl halides is 3. The molecule has 160 valence electrons. The van der Waals surface area contributed by atoms with E-state index in [9.17, 15) is 22.8 Å². The maximum absolute atomic E-state index is 14.7. The first-order valence-electron chi connectivity index (χ1n) is 9.82. The standard InChI is InChI=1S/C20H21F3N4O3/c1-2-30-17(28)15-16-26-12-8-4-7-11-14(26)25-27(16)18(29)24-19(15,20(21,22)23)13-9-5-3-6-10-13/h3,5-6,9-10H,2,4,7-8,11-12H2,1H3,(H,24,29)/t19-/m1/s1. The van der Waals surface area contributed by atoms with Crippen LogP contribution in [0.5, 0.6) is 0 Å². The maximum atomic E-state index is 14.7. The minimum absolute atomic E-state index is 0.111. The van der Waals surface area contributed by atoms with Crippen molar-refractivity contribution in [1.82, 2.24) is 15.2 Å². The fourth-order valence-corrected chi connectivity index (χ4v) is 4.16. The number of hydrazone groups is 1. The number of nitrogens with zero attached hydrogens (tertiary/aromatic N) is 3. The van der Waals surface area contributed by atoms with Crippen molar-refractivity contribution >= 4 is 17.8 Å². The fourth-order valence-electron chi connectivity index (χ4n) is 4.16. The lowest BCUT2D eigenvalue weighted by atomic mass is 9.80. The predicted molar refractivity (Wildman–Crippen MR) is 101 cm³/mol. The van der Waals surface area contributed by atoms with Crippen LogP contribution in [0.3, 0.4) is 0 Å². The molecule has 4 rings (SSSR count). The Kier molecular flexibility index (Phi) is 4.95. The summed E-state index contributed by atoms with van der Waals surface area (Å²) in [5.74, 6) is -0.833. The number of urea groups is 1. The molecule has 0 aliphatic carbocycles. The number of benzene rings is 1. The highest BCUT2D eigenvalue weighted by atomic mass is 19.4. The number of halogens is 3. The summed E-state index contributed by atoms with van der Waals surface area (Å²) in [5.41, 5.74) is -4.01. The van der Waals surface area contributed by atoms with Crippen molar-refractivity contribution < 1.29 is 27.5 Å². The second-order valence-corrected chi connectivity index (χ2v) is 7.25. The molecule has 1 atom stereocenters. The van der Waals surface area contributed by atoms with Gasteiger partial charge in [0.25, 0.3) is 0 Å². The minimum atomic E-state index is -5.01. The first-order chi connectivity index (χ1) is 14.3. The smallest absolute Gasteiger partial charge is 0.420 e. The molecule has 2 amide bonds. The van der Waals surface area contributed by atoms with Crippen molar-refractivity contribution in [3.8, 4) is 0 Å². The van der Waals surface area contributed by atoms with Crippen LogP contribution in [0.25, 0.3) is 0 Å². The van der Waals surface area contributed by atoms with Crippen molar-refractivity contribution in [3.63, 3.8) is 0 Å². The van der Waals surface area contributed by atoms with Gasteiger partial charge < -0.3 is 15.0 Å². The van der Waals surface area contributed by atoms with Crippen LogP contribution in [0.2, 0.25) is 0 Å². The van der Waals surface area contributed by atoms with Crippen LogP contribution in [-0.4, -0.2) is 47.1 Å². The molecule has 1 N–H and O–H groups in total. The van der Waals surface area contributed by atoms with Gasteiger partial charge in [0.05, 0.1) is 6.61 Å². The number of hydrogen-bond acceptors (Lipinski definition) is 5. The van der Waals surface area contributed by atoms with E-state index in [0.717, 1.165) is 17.9 Å². The zero-order valence-corrected chi connectivity index (χ0v) is 16.3. The van der Waals surface area contributed by atoms with Crippen molar-refractivity contribution in [2.24, 2.45) is 5.10 Å². The van der Waals surface area contributed by atoms with Gasteiger partial charge in [0, 0.05) is 13.0 Å². The summed E-state index contributed by atoms with van der Waals surface area (Å²) in [6, 6.07) is 5.85. The van der Waals surface area contributed by atoms with Crippen molar-refractivity contribution in [3.05, 3.63) is 47.3 Å². The minimum Gasteiger partial charge on any atom is -0.462 e. The Labute approximate surface area is 171 Å². The zero-order chi connectivity index (χ0) is 21.5. The first-order valence-corrected chi connectivity index (χ1v) is 9.82. The summed E-state index contributed by atoms with van der Waals surface area (Å²) in [4.78, 5) is 27.4. The fraction of sp³-hybridized carbons (Fsp3) is 0.450. The molecule has 0 radical (unpaired) electrons. The van der Waals surface area contributed by atoms with Crippen LogP contribution in [0.4, 0.5) is 18.0 Å². The molecule has 30 heavy (non-hydrogen) atoms. The topological polar surface area (TPSA) is 74.2 Å². The highest BCUT2D eigenvalue weighted by molar-refractivity contribution is 6.00. The molecule has 1 fully saturated rings. The van der Waals surface area contributed by atoms with E-state index in [2.05, 4.69) is 5.10 Å². The number of rotatable bonds is 3. The predicted octanol–water partition coefficient (Wildman–Crippen LogP) is 3.45. The van der Waals surface area contributed by atoms with E-state index in [4.69, 9.17) is 4.74 Å². The largest absolute Gasteiger partial charge is 0.462 e. The molecular formula is C20H21F3N4O3. The third-order valence-electron chi connectivity index (χ3n) is 5.46. The SMILES string of the molecule is CCOC(=O)C1=C2N3CCCCCC3=NN2C(=O)N[C@@]1(c1ccccc1)C(F)(F)F. The molecule has 3 aliphatic heterocycles. The summed E-state index contributed by atoms with van der Waals surface area (Å²) in [7, 11) is 0. The molecule has 1 aromatic rings. The Morgan fingerprint density at radius 1 is 1.23 bits per heavy atom. The number of amidine groups is 1. The van der Waals surface area contributed by atoms with Crippen molar-refractivity contribution in [2.75, 3.05) is 13.2 Å². The van der Waals surface area contributed by atoms with Crippen LogP contribution in [-0.2, 0) is 15.1 Å². The van der Waals surface area contributed by atoms with Gasteiger partial charge in [-0.1, -0.05) is 36.8 Å².